The summed E-state index contributed by atoms with van der Waals surface area (Å²) in [6.45, 7) is 10.2. The third kappa shape index (κ3) is 4.12. The Morgan fingerprint density at radius 2 is 1.86 bits per heavy atom. The molecule has 84 valence electrons. The van der Waals surface area contributed by atoms with Gasteiger partial charge in [0.25, 0.3) is 0 Å². The molecule has 1 aliphatic carbocycles. The second-order valence-electron chi connectivity index (χ2n) is 4.18. The maximum Gasteiger partial charge on any atom is 0.223 e. The van der Waals surface area contributed by atoms with E-state index < -0.39 is 0 Å². The summed E-state index contributed by atoms with van der Waals surface area (Å²) >= 11 is 0. The Balaban J connectivity index is 0.000000791. The average Bonchev–Trinajstić information content (AvgIpc) is 2.54. The molecule has 2 heteroatoms. The monoisotopic (exact) mass is 199 g/mol. The van der Waals surface area contributed by atoms with Crippen LogP contribution in [0.25, 0.3) is 0 Å². The van der Waals surface area contributed by atoms with Gasteiger partial charge in [-0.05, 0) is 32.6 Å². The van der Waals surface area contributed by atoms with E-state index >= 15 is 0 Å². The van der Waals surface area contributed by atoms with Gasteiger partial charge >= 0.3 is 0 Å². The third-order valence-electron chi connectivity index (χ3n) is 2.63. The summed E-state index contributed by atoms with van der Waals surface area (Å²) in [7, 11) is 0. The van der Waals surface area contributed by atoms with Gasteiger partial charge in [0.05, 0.1) is 0 Å². The van der Waals surface area contributed by atoms with Crippen molar-refractivity contribution in [2.75, 3.05) is 0 Å². The Morgan fingerprint density at radius 3 is 2.21 bits per heavy atom. The van der Waals surface area contributed by atoms with Gasteiger partial charge in [-0.25, -0.2) is 0 Å². The van der Waals surface area contributed by atoms with E-state index in [9.17, 15) is 4.79 Å². The topological polar surface area (TPSA) is 29.1 Å². The largest absolute Gasteiger partial charge is 0.354 e. The lowest BCUT2D eigenvalue weighted by Gasteiger charge is -2.16. The molecule has 0 bridgehead atoms. The number of rotatable bonds is 2. The molecule has 2 nitrogen and oxygen atoms in total. The Bertz CT molecular complexity index is 166. The quantitative estimate of drug-likeness (QED) is 0.728. The van der Waals surface area contributed by atoms with Crippen LogP contribution >= 0.6 is 0 Å². The lowest BCUT2D eigenvalue weighted by atomic mass is 9.97. The minimum absolute atomic E-state index is 0.259. The van der Waals surface area contributed by atoms with Gasteiger partial charge in [0.2, 0.25) is 5.91 Å². The maximum absolute atomic E-state index is 11.6. The van der Waals surface area contributed by atoms with Gasteiger partial charge in [-0.15, -0.1) is 0 Å². The number of hydrogen-bond acceptors (Lipinski definition) is 1. The molecule has 0 aromatic rings. The molecule has 1 aliphatic rings. The SMILES string of the molecule is CC.CC(C)NC(=O)[C@@H]1CCCC1C. The summed E-state index contributed by atoms with van der Waals surface area (Å²) in [5.74, 6) is 1.13. The van der Waals surface area contributed by atoms with Crippen molar-refractivity contribution in [3.63, 3.8) is 0 Å². The van der Waals surface area contributed by atoms with Crippen LogP contribution in [0.15, 0.2) is 0 Å². The minimum atomic E-state index is 0.259. The first kappa shape index (κ1) is 13.5. The van der Waals surface area contributed by atoms with Gasteiger partial charge in [-0.2, -0.15) is 0 Å². The molecule has 0 spiro atoms. The van der Waals surface area contributed by atoms with Crippen LogP contribution in [0.3, 0.4) is 0 Å². The Hall–Kier alpha value is -0.530. The highest BCUT2D eigenvalue weighted by Crippen LogP contribution is 2.31. The smallest absolute Gasteiger partial charge is 0.223 e. The van der Waals surface area contributed by atoms with Crippen LogP contribution in [-0.4, -0.2) is 11.9 Å². The summed E-state index contributed by atoms with van der Waals surface area (Å²) in [4.78, 5) is 11.6. The van der Waals surface area contributed by atoms with E-state index in [-0.39, 0.29) is 17.9 Å². The first-order valence-corrected chi connectivity index (χ1v) is 5.91. The van der Waals surface area contributed by atoms with Gasteiger partial charge in [0, 0.05) is 12.0 Å². The molecule has 0 aromatic heterocycles. The Kier molecular flexibility index (Phi) is 6.60. The van der Waals surface area contributed by atoms with Gasteiger partial charge in [0.1, 0.15) is 0 Å². The molecule has 1 fully saturated rings. The molecule has 0 aromatic carbocycles. The molecule has 14 heavy (non-hydrogen) atoms. The van der Waals surface area contributed by atoms with Crippen LogP contribution in [0.5, 0.6) is 0 Å². The average molecular weight is 199 g/mol. The second-order valence-corrected chi connectivity index (χ2v) is 4.18. The van der Waals surface area contributed by atoms with Crippen molar-refractivity contribution in [3.05, 3.63) is 0 Å². The maximum atomic E-state index is 11.6. The zero-order valence-electron chi connectivity index (χ0n) is 10.3. The zero-order chi connectivity index (χ0) is 11.1. The number of hydrogen-bond donors (Lipinski definition) is 1. The summed E-state index contributed by atoms with van der Waals surface area (Å²) in [5, 5.41) is 2.98. The van der Waals surface area contributed by atoms with Crippen molar-refractivity contribution in [2.24, 2.45) is 11.8 Å². The van der Waals surface area contributed by atoms with Crippen LogP contribution in [0.4, 0.5) is 0 Å². The highest BCUT2D eigenvalue weighted by Gasteiger charge is 2.29. The van der Waals surface area contributed by atoms with E-state index in [1.165, 1.54) is 12.8 Å². The van der Waals surface area contributed by atoms with E-state index in [0.29, 0.717) is 5.92 Å². The van der Waals surface area contributed by atoms with Crippen molar-refractivity contribution >= 4 is 5.91 Å². The summed E-state index contributed by atoms with van der Waals surface area (Å²) < 4.78 is 0. The number of amides is 1. The first-order chi connectivity index (χ1) is 6.61. The van der Waals surface area contributed by atoms with Crippen molar-refractivity contribution in [1.82, 2.24) is 5.32 Å². The minimum Gasteiger partial charge on any atom is -0.354 e. The first-order valence-electron chi connectivity index (χ1n) is 5.91. The predicted octanol–water partition coefficient (Wildman–Crippen LogP) is 2.97. The van der Waals surface area contributed by atoms with E-state index in [2.05, 4.69) is 12.2 Å². The lowest BCUT2D eigenvalue weighted by molar-refractivity contribution is -0.126. The lowest BCUT2D eigenvalue weighted by Crippen LogP contribution is -2.36. The fraction of sp³-hybridized carbons (Fsp3) is 0.917. The van der Waals surface area contributed by atoms with Gasteiger partial charge in [-0.1, -0.05) is 27.2 Å². The predicted molar refractivity (Wildman–Crippen MR) is 61.1 cm³/mol. The van der Waals surface area contributed by atoms with Gasteiger partial charge in [0.15, 0.2) is 0 Å². The molecule has 1 N–H and O–H groups in total. The van der Waals surface area contributed by atoms with Gasteiger partial charge in [-0.3, -0.25) is 4.79 Å². The van der Waals surface area contributed by atoms with Crippen LogP contribution in [0.2, 0.25) is 0 Å². The van der Waals surface area contributed by atoms with Crippen LogP contribution in [0.1, 0.15) is 53.9 Å². The molecule has 0 aliphatic heterocycles. The molecule has 0 heterocycles. The normalized spacial score (nSPS) is 25.6. The highest BCUT2D eigenvalue weighted by atomic mass is 16.1. The highest BCUT2D eigenvalue weighted by molar-refractivity contribution is 5.79. The molecule has 1 amide bonds. The molecule has 2 atom stereocenters. The number of carbonyl (C=O) groups excluding carboxylic acids is 1. The van der Waals surface area contributed by atoms with Crippen LogP contribution < -0.4 is 5.32 Å². The molecule has 1 rings (SSSR count). The fourth-order valence-electron chi connectivity index (χ4n) is 1.93. The fourth-order valence-corrected chi connectivity index (χ4v) is 1.93. The van der Waals surface area contributed by atoms with E-state index in [0.717, 1.165) is 6.42 Å². The van der Waals surface area contributed by atoms with Gasteiger partial charge < -0.3 is 5.32 Å². The van der Waals surface area contributed by atoms with E-state index in [1.807, 2.05) is 27.7 Å². The van der Waals surface area contributed by atoms with Crippen LogP contribution in [-0.2, 0) is 4.79 Å². The Labute approximate surface area is 88.5 Å². The molecular formula is C12H25NO. The Morgan fingerprint density at radius 1 is 1.29 bits per heavy atom. The number of carbonyl (C=O) groups is 1. The van der Waals surface area contributed by atoms with E-state index in [1.54, 1.807) is 0 Å². The number of nitrogens with one attached hydrogen (secondary N) is 1. The summed E-state index contributed by atoms with van der Waals surface area (Å²) in [5.41, 5.74) is 0. The molecule has 0 saturated heterocycles. The molecule has 1 saturated carbocycles. The van der Waals surface area contributed by atoms with E-state index in [4.69, 9.17) is 0 Å². The zero-order valence-corrected chi connectivity index (χ0v) is 10.3. The summed E-state index contributed by atoms with van der Waals surface area (Å²) in [6.07, 6.45) is 3.52. The molecular weight excluding hydrogens is 174 g/mol. The third-order valence-corrected chi connectivity index (χ3v) is 2.63. The molecule has 0 radical (unpaired) electrons. The van der Waals surface area contributed by atoms with Crippen molar-refractivity contribution in [2.45, 2.75) is 59.9 Å². The molecule has 1 unspecified atom stereocenters. The van der Waals surface area contributed by atoms with Crippen molar-refractivity contribution in [1.29, 1.82) is 0 Å². The second kappa shape index (κ2) is 6.86. The summed E-state index contributed by atoms with van der Waals surface area (Å²) in [6, 6.07) is 0.283. The standard InChI is InChI=1S/C10H19NO.C2H6/c1-7(2)11-10(12)9-6-4-5-8(9)3;1-2/h7-9H,4-6H2,1-3H3,(H,11,12);1-2H3/t8?,9-;/m1./s1. The van der Waals surface area contributed by atoms with Crippen molar-refractivity contribution in [3.8, 4) is 0 Å². The van der Waals surface area contributed by atoms with Crippen LogP contribution in [0, 0.1) is 11.8 Å². The van der Waals surface area contributed by atoms with Crippen molar-refractivity contribution < 1.29 is 4.79 Å².